The maximum Gasteiger partial charge on any atom is 0.254 e. The standard InChI is InChI=1S/C35H43F2N3O4/c1-3-24-7-6-8-25(15-24)21-39(22-33(42)32(38)18-26-16-29(36)20-30(37)17-26)34(43)27-13-23(2)14-28(19-27)35(44)40-11-5-4-9-31(40)10-12-41/h6-8,13-17,19-20,31-33,41-42H,3-5,9-12,18,21-22,38H2,1-2H3. The summed E-state index contributed by atoms with van der Waals surface area (Å²) in [5.74, 6) is -2.01. The second kappa shape index (κ2) is 15.4. The van der Waals surface area contributed by atoms with Crippen molar-refractivity contribution in [3.05, 3.63) is 106 Å². The highest BCUT2D eigenvalue weighted by molar-refractivity contribution is 6.00. The van der Waals surface area contributed by atoms with Crippen LogP contribution in [0, 0.1) is 18.6 Å². The lowest BCUT2D eigenvalue weighted by Crippen LogP contribution is -2.46. The molecule has 2 amide bonds. The van der Waals surface area contributed by atoms with Crippen molar-refractivity contribution in [2.24, 2.45) is 5.73 Å². The van der Waals surface area contributed by atoms with Crippen LogP contribution in [0.5, 0.6) is 0 Å². The monoisotopic (exact) mass is 607 g/mol. The molecule has 236 valence electrons. The Morgan fingerprint density at radius 2 is 1.70 bits per heavy atom. The molecule has 4 N–H and O–H groups in total. The van der Waals surface area contributed by atoms with Gasteiger partial charge in [-0.05, 0) is 98.0 Å². The summed E-state index contributed by atoms with van der Waals surface area (Å²) in [5.41, 5.74) is 10.0. The van der Waals surface area contributed by atoms with Gasteiger partial charge in [-0.1, -0.05) is 31.2 Å². The van der Waals surface area contributed by atoms with Crippen molar-refractivity contribution in [3.8, 4) is 0 Å². The number of aryl methyl sites for hydroxylation is 2. The number of likely N-dealkylation sites (tertiary alicyclic amines) is 1. The molecule has 1 aliphatic heterocycles. The van der Waals surface area contributed by atoms with Crippen LogP contribution in [0.1, 0.15) is 75.6 Å². The molecule has 0 spiro atoms. The molecule has 0 saturated carbocycles. The Morgan fingerprint density at radius 1 is 1.00 bits per heavy atom. The second-order valence-corrected chi connectivity index (χ2v) is 11.8. The normalized spacial score (nSPS) is 16.4. The van der Waals surface area contributed by atoms with Crippen LogP contribution in [-0.2, 0) is 19.4 Å². The molecule has 3 aromatic carbocycles. The Bertz CT molecular complexity index is 1430. The predicted molar refractivity (Wildman–Crippen MR) is 166 cm³/mol. The number of hydrogen-bond acceptors (Lipinski definition) is 5. The van der Waals surface area contributed by atoms with Crippen molar-refractivity contribution in [1.29, 1.82) is 0 Å². The maximum absolute atomic E-state index is 14.1. The van der Waals surface area contributed by atoms with Crippen LogP contribution >= 0.6 is 0 Å². The Labute approximate surface area is 258 Å². The fourth-order valence-corrected chi connectivity index (χ4v) is 5.98. The van der Waals surface area contributed by atoms with Gasteiger partial charge in [0.05, 0.1) is 6.10 Å². The van der Waals surface area contributed by atoms with E-state index >= 15 is 0 Å². The van der Waals surface area contributed by atoms with Gasteiger partial charge in [0, 0.05) is 55.5 Å². The van der Waals surface area contributed by atoms with Gasteiger partial charge in [-0.2, -0.15) is 0 Å². The third-order valence-electron chi connectivity index (χ3n) is 8.28. The van der Waals surface area contributed by atoms with Crippen molar-refractivity contribution in [2.75, 3.05) is 19.7 Å². The highest BCUT2D eigenvalue weighted by Crippen LogP contribution is 2.24. The fraction of sp³-hybridized carbons (Fsp3) is 0.429. The number of aliphatic hydroxyl groups excluding tert-OH is 2. The summed E-state index contributed by atoms with van der Waals surface area (Å²) in [6.45, 7) is 4.52. The molecule has 0 aliphatic carbocycles. The predicted octanol–water partition coefficient (Wildman–Crippen LogP) is 4.79. The number of aliphatic hydroxyl groups is 2. The SMILES string of the molecule is CCc1cccc(CN(CC(O)C(N)Cc2cc(F)cc(F)c2)C(=O)c2cc(C)cc(C(=O)N3CCCCC3CCO)c2)c1. The smallest absolute Gasteiger partial charge is 0.254 e. The molecule has 1 fully saturated rings. The van der Waals surface area contributed by atoms with E-state index in [4.69, 9.17) is 5.73 Å². The topological polar surface area (TPSA) is 107 Å². The molecular formula is C35H43F2N3O4. The van der Waals surface area contributed by atoms with E-state index in [0.717, 1.165) is 48.4 Å². The molecule has 0 aromatic heterocycles. The summed E-state index contributed by atoms with van der Waals surface area (Å²) in [6, 6.07) is 15.1. The van der Waals surface area contributed by atoms with Crippen LogP contribution in [0.4, 0.5) is 8.78 Å². The van der Waals surface area contributed by atoms with E-state index in [-0.39, 0.29) is 44.0 Å². The molecule has 7 nitrogen and oxygen atoms in total. The average Bonchev–Trinajstić information content (AvgIpc) is 2.99. The molecule has 3 atom stereocenters. The minimum absolute atomic E-state index is 0.00118. The highest BCUT2D eigenvalue weighted by atomic mass is 19.1. The first kappa shape index (κ1) is 33.2. The van der Waals surface area contributed by atoms with E-state index in [2.05, 4.69) is 0 Å². The first-order chi connectivity index (χ1) is 21.1. The third-order valence-corrected chi connectivity index (χ3v) is 8.28. The van der Waals surface area contributed by atoms with Gasteiger partial charge in [0.15, 0.2) is 0 Å². The lowest BCUT2D eigenvalue weighted by Gasteiger charge is -2.36. The van der Waals surface area contributed by atoms with E-state index < -0.39 is 23.8 Å². The summed E-state index contributed by atoms with van der Waals surface area (Å²) >= 11 is 0. The second-order valence-electron chi connectivity index (χ2n) is 11.8. The number of carbonyl (C=O) groups excluding carboxylic acids is 2. The molecule has 3 unspecified atom stereocenters. The fourth-order valence-electron chi connectivity index (χ4n) is 5.98. The first-order valence-corrected chi connectivity index (χ1v) is 15.4. The number of benzene rings is 3. The summed E-state index contributed by atoms with van der Waals surface area (Å²) in [5, 5.41) is 20.7. The number of halogens is 2. The van der Waals surface area contributed by atoms with E-state index in [0.29, 0.717) is 29.7 Å². The number of amides is 2. The summed E-state index contributed by atoms with van der Waals surface area (Å²) < 4.78 is 27.5. The van der Waals surface area contributed by atoms with Crippen LogP contribution in [-0.4, -0.2) is 69.7 Å². The molecule has 1 saturated heterocycles. The van der Waals surface area contributed by atoms with Gasteiger partial charge in [0.25, 0.3) is 11.8 Å². The number of nitrogens with two attached hydrogens (primary N) is 1. The van der Waals surface area contributed by atoms with Crippen LogP contribution in [0.25, 0.3) is 0 Å². The minimum Gasteiger partial charge on any atom is -0.396 e. The largest absolute Gasteiger partial charge is 0.396 e. The third kappa shape index (κ3) is 8.71. The molecule has 3 aromatic rings. The van der Waals surface area contributed by atoms with Gasteiger partial charge >= 0.3 is 0 Å². The van der Waals surface area contributed by atoms with Crippen molar-refractivity contribution in [3.63, 3.8) is 0 Å². The molecular weight excluding hydrogens is 564 g/mol. The van der Waals surface area contributed by atoms with Gasteiger partial charge in [-0.25, -0.2) is 8.78 Å². The summed E-state index contributed by atoms with van der Waals surface area (Å²) in [6.07, 6.45) is 2.85. The van der Waals surface area contributed by atoms with Crippen LogP contribution in [0.15, 0.2) is 60.7 Å². The molecule has 0 radical (unpaired) electrons. The number of nitrogens with zero attached hydrogens (tertiary/aromatic N) is 2. The molecule has 4 rings (SSSR count). The Hall–Kier alpha value is -3.66. The zero-order valence-corrected chi connectivity index (χ0v) is 25.5. The highest BCUT2D eigenvalue weighted by Gasteiger charge is 2.29. The average molecular weight is 608 g/mol. The lowest BCUT2D eigenvalue weighted by atomic mass is 9.97. The molecule has 9 heteroatoms. The van der Waals surface area contributed by atoms with Crippen molar-refractivity contribution in [2.45, 2.75) is 77.1 Å². The number of rotatable bonds is 12. The van der Waals surface area contributed by atoms with E-state index in [1.165, 1.54) is 17.0 Å². The van der Waals surface area contributed by atoms with Crippen molar-refractivity contribution in [1.82, 2.24) is 9.80 Å². The maximum atomic E-state index is 14.1. The van der Waals surface area contributed by atoms with Gasteiger partial charge in [-0.3, -0.25) is 9.59 Å². The molecule has 1 heterocycles. The Balaban J connectivity index is 1.60. The zero-order valence-electron chi connectivity index (χ0n) is 25.5. The first-order valence-electron chi connectivity index (χ1n) is 15.4. The van der Waals surface area contributed by atoms with Crippen LogP contribution < -0.4 is 5.73 Å². The van der Waals surface area contributed by atoms with E-state index in [1.807, 2.05) is 38.1 Å². The van der Waals surface area contributed by atoms with Gasteiger partial charge in [0.1, 0.15) is 11.6 Å². The zero-order chi connectivity index (χ0) is 31.8. The van der Waals surface area contributed by atoms with E-state index in [1.54, 1.807) is 23.1 Å². The molecule has 44 heavy (non-hydrogen) atoms. The quantitative estimate of drug-likeness (QED) is 0.275. The lowest BCUT2D eigenvalue weighted by molar-refractivity contribution is 0.0553. The number of piperidine rings is 1. The van der Waals surface area contributed by atoms with Crippen molar-refractivity contribution < 1.29 is 28.6 Å². The Kier molecular flexibility index (Phi) is 11.6. The van der Waals surface area contributed by atoms with Gasteiger partial charge < -0.3 is 25.7 Å². The van der Waals surface area contributed by atoms with Gasteiger partial charge in [-0.15, -0.1) is 0 Å². The van der Waals surface area contributed by atoms with E-state index in [9.17, 15) is 28.6 Å². The summed E-state index contributed by atoms with van der Waals surface area (Å²) in [4.78, 5) is 31.0. The number of hydrogen-bond donors (Lipinski definition) is 3. The Morgan fingerprint density at radius 3 is 2.41 bits per heavy atom. The molecule has 0 bridgehead atoms. The molecule has 1 aliphatic rings. The summed E-state index contributed by atoms with van der Waals surface area (Å²) in [7, 11) is 0. The minimum atomic E-state index is -1.20. The van der Waals surface area contributed by atoms with Gasteiger partial charge in [0.2, 0.25) is 0 Å². The van der Waals surface area contributed by atoms with Crippen molar-refractivity contribution >= 4 is 11.8 Å². The van der Waals surface area contributed by atoms with Crippen LogP contribution in [0.3, 0.4) is 0 Å². The number of carbonyl (C=O) groups is 2. The van der Waals surface area contributed by atoms with Crippen LogP contribution in [0.2, 0.25) is 0 Å².